The van der Waals surface area contributed by atoms with Crippen molar-refractivity contribution >= 4 is 46.6 Å². The van der Waals surface area contributed by atoms with Crippen LogP contribution < -0.4 is 10.2 Å². The minimum absolute atomic E-state index is 0.550. The van der Waals surface area contributed by atoms with Crippen LogP contribution in [0.25, 0.3) is 5.65 Å². The molecule has 1 aromatic carbocycles. The number of hydrogen-bond acceptors (Lipinski definition) is 5. The summed E-state index contributed by atoms with van der Waals surface area (Å²) in [5, 5.41) is 4.51. The molecule has 1 unspecified atom stereocenters. The Balaban J connectivity index is 1.65. The van der Waals surface area contributed by atoms with Crippen molar-refractivity contribution in [3.63, 3.8) is 0 Å². The van der Waals surface area contributed by atoms with Gasteiger partial charge in [-0.3, -0.25) is 4.40 Å². The van der Waals surface area contributed by atoms with Gasteiger partial charge in [0, 0.05) is 42.6 Å². The molecule has 0 amide bonds. The van der Waals surface area contributed by atoms with Gasteiger partial charge in [0.25, 0.3) is 0 Å². The van der Waals surface area contributed by atoms with Crippen LogP contribution in [-0.4, -0.2) is 40.5 Å². The molecule has 1 fully saturated rings. The Bertz CT molecular complexity index is 945. The predicted molar refractivity (Wildman–Crippen MR) is 112 cm³/mol. The van der Waals surface area contributed by atoms with E-state index in [1.165, 1.54) is 18.2 Å². The summed E-state index contributed by atoms with van der Waals surface area (Å²) in [6.07, 6.45) is 9.14. The van der Waals surface area contributed by atoms with Crippen LogP contribution in [0.3, 0.4) is 0 Å². The Morgan fingerprint density at radius 1 is 1.15 bits per heavy atom. The third-order valence-corrected chi connectivity index (χ3v) is 6.93. The first-order valence-corrected chi connectivity index (χ1v) is 10.6. The minimum Gasteiger partial charge on any atom is -0.342 e. The number of rotatable bonds is 4. The lowest BCUT2D eigenvalue weighted by atomic mass is 10.1. The summed E-state index contributed by atoms with van der Waals surface area (Å²) in [6.45, 7) is 1.99. The highest BCUT2D eigenvalue weighted by Gasteiger charge is 2.20. The van der Waals surface area contributed by atoms with Crippen LogP contribution in [0.4, 0.5) is 5.95 Å². The number of aromatic nitrogens is 3. The Labute approximate surface area is 173 Å². The molecular weight excluding hydrogens is 401 g/mol. The van der Waals surface area contributed by atoms with Gasteiger partial charge in [0.1, 0.15) is 0 Å². The molecule has 3 heterocycles. The maximum Gasteiger partial charge on any atom is 0.211 e. The monoisotopic (exact) mass is 421 g/mol. The third-order valence-electron chi connectivity index (χ3n) is 4.93. The molecule has 5 nitrogen and oxygen atoms in total. The van der Waals surface area contributed by atoms with Gasteiger partial charge >= 0.3 is 0 Å². The molecular formula is C19H21Cl2N5S. The second-order valence-corrected chi connectivity index (χ2v) is 8.47. The van der Waals surface area contributed by atoms with Crippen LogP contribution >= 0.6 is 35.0 Å². The van der Waals surface area contributed by atoms with Crippen molar-refractivity contribution in [3.8, 4) is 0 Å². The maximum absolute atomic E-state index is 6.35. The average molecular weight is 422 g/mol. The van der Waals surface area contributed by atoms with Crippen molar-refractivity contribution in [1.82, 2.24) is 19.7 Å². The van der Waals surface area contributed by atoms with E-state index in [4.69, 9.17) is 28.2 Å². The topological polar surface area (TPSA) is 45.5 Å². The highest BCUT2D eigenvalue weighted by molar-refractivity contribution is 7.99. The summed E-state index contributed by atoms with van der Waals surface area (Å²) in [4.78, 5) is 13.5. The van der Waals surface area contributed by atoms with Crippen molar-refractivity contribution in [2.45, 2.75) is 35.1 Å². The molecule has 1 atom stereocenters. The summed E-state index contributed by atoms with van der Waals surface area (Å²) < 4.78 is 2.07. The lowest BCUT2D eigenvalue weighted by molar-refractivity contribution is 0.512. The zero-order chi connectivity index (χ0) is 18.8. The number of imidazole rings is 1. The van der Waals surface area contributed by atoms with Gasteiger partial charge in [0.15, 0.2) is 5.65 Å². The summed E-state index contributed by atoms with van der Waals surface area (Å²) in [5.41, 5.74) is 0.885. The van der Waals surface area contributed by atoms with E-state index >= 15 is 0 Å². The molecule has 1 saturated heterocycles. The molecule has 1 aliphatic heterocycles. The van der Waals surface area contributed by atoms with Gasteiger partial charge in [0.2, 0.25) is 5.95 Å². The van der Waals surface area contributed by atoms with Crippen molar-refractivity contribution in [1.29, 1.82) is 0 Å². The maximum atomic E-state index is 6.35. The molecule has 0 saturated carbocycles. The van der Waals surface area contributed by atoms with Crippen molar-refractivity contribution in [3.05, 3.63) is 46.8 Å². The molecule has 8 heteroatoms. The molecule has 0 bridgehead atoms. The summed E-state index contributed by atoms with van der Waals surface area (Å²) in [5.74, 6) is 0.945. The highest BCUT2D eigenvalue weighted by Crippen LogP contribution is 2.38. The van der Waals surface area contributed by atoms with Crippen LogP contribution in [0, 0.1) is 0 Å². The first-order valence-electron chi connectivity index (χ1n) is 9.03. The SMILES string of the molecule is CNC1CCCN(c2ncc(Sc3cccc(Cl)c3Cl)c3nccn23)CC1. The number of fused-ring (bicyclic) bond motifs is 1. The molecule has 3 aromatic rings. The number of halogens is 2. The predicted octanol–water partition coefficient (Wildman–Crippen LogP) is 4.77. The van der Waals surface area contributed by atoms with Crippen LogP contribution in [0.15, 0.2) is 46.6 Å². The van der Waals surface area contributed by atoms with E-state index in [0.29, 0.717) is 16.1 Å². The fraction of sp³-hybridized carbons (Fsp3) is 0.368. The quantitative estimate of drug-likeness (QED) is 0.657. The van der Waals surface area contributed by atoms with Crippen molar-refractivity contribution in [2.24, 2.45) is 0 Å². The fourth-order valence-corrected chi connectivity index (χ4v) is 4.86. The standard InChI is InChI=1S/C19H21Cl2N5S/c1-22-13-4-3-9-25(10-7-13)19-24-12-16(18-23-8-11-26(18)19)27-15-6-2-5-14(20)17(15)21/h2,5-6,8,11-13,22H,3-4,7,9-10H2,1H3. The van der Waals surface area contributed by atoms with Crippen LogP contribution in [0.2, 0.25) is 10.0 Å². The normalized spacial score (nSPS) is 18.0. The lowest BCUT2D eigenvalue weighted by Gasteiger charge is -2.23. The largest absolute Gasteiger partial charge is 0.342 e. The first kappa shape index (κ1) is 18.9. The van der Waals surface area contributed by atoms with Gasteiger partial charge in [-0.2, -0.15) is 0 Å². The van der Waals surface area contributed by atoms with E-state index in [1.807, 2.05) is 37.8 Å². The zero-order valence-electron chi connectivity index (χ0n) is 15.0. The number of nitrogens with one attached hydrogen (secondary N) is 1. The molecule has 0 aliphatic carbocycles. The van der Waals surface area contributed by atoms with E-state index in [9.17, 15) is 0 Å². The van der Waals surface area contributed by atoms with E-state index in [-0.39, 0.29) is 0 Å². The van der Waals surface area contributed by atoms with Crippen LogP contribution in [0.1, 0.15) is 19.3 Å². The second kappa shape index (κ2) is 8.27. The van der Waals surface area contributed by atoms with Gasteiger partial charge in [-0.1, -0.05) is 41.0 Å². The zero-order valence-corrected chi connectivity index (χ0v) is 17.4. The van der Waals surface area contributed by atoms with E-state index in [2.05, 4.69) is 19.6 Å². The molecule has 1 aliphatic rings. The molecule has 0 radical (unpaired) electrons. The third kappa shape index (κ3) is 3.90. The van der Waals surface area contributed by atoms with Gasteiger partial charge < -0.3 is 10.2 Å². The second-order valence-electron chi connectivity index (χ2n) is 6.60. The Kier molecular flexibility index (Phi) is 5.78. The Morgan fingerprint density at radius 3 is 2.89 bits per heavy atom. The Morgan fingerprint density at radius 2 is 2.04 bits per heavy atom. The molecule has 2 aromatic heterocycles. The summed E-state index contributed by atoms with van der Waals surface area (Å²) in [7, 11) is 2.04. The lowest BCUT2D eigenvalue weighted by Crippen LogP contribution is -2.30. The van der Waals surface area contributed by atoms with Gasteiger partial charge in [-0.25, -0.2) is 9.97 Å². The average Bonchev–Trinajstić information content (AvgIpc) is 3.05. The molecule has 0 spiro atoms. The number of nitrogens with zero attached hydrogens (tertiary/aromatic N) is 4. The molecule has 4 rings (SSSR count). The van der Waals surface area contributed by atoms with Crippen molar-refractivity contribution < 1.29 is 0 Å². The van der Waals surface area contributed by atoms with E-state index in [0.717, 1.165) is 47.3 Å². The van der Waals surface area contributed by atoms with Gasteiger partial charge in [0.05, 0.1) is 14.9 Å². The van der Waals surface area contributed by atoms with E-state index < -0.39 is 0 Å². The Hall–Kier alpha value is -1.47. The first-order chi connectivity index (χ1) is 13.2. The van der Waals surface area contributed by atoms with Crippen molar-refractivity contribution in [2.75, 3.05) is 25.0 Å². The summed E-state index contributed by atoms with van der Waals surface area (Å²) >= 11 is 14.0. The van der Waals surface area contributed by atoms with E-state index in [1.54, 1.807) is 6.07 Å². The molecule has 1 N–H and O–H groups in total. The van der Waals surface area contributed by atoms with Crippen LogP contribution in [-0.2, 0) is 0 Å². The van der Waals surface area contributed by atoms with Gasteiger partial charge in [-0.05, 0) is 38.4 Å². The fourth-order valence-electron chi connectivity index (χ4n) is 3.46. The highest BCUT2D eigenvalue weighted by atomic mass is 35.5. The number of benzene rings is 1. The van der Waals surface area contributed by atoms with Gasteiger partial charge in [-0.15, -0.1) is 0 Å². The molecule has 27 heavy (non-hydrogen) atoms. The number of hydrogen-bond donors (Lipinski definition) is 1. The minimum atomic E-state index is 0.550. The smallest absolute Gasteiger partial charge is 0.211 e. The summed E-state index contributed by atoms with van der Waals surface area (Å²) in [6, 6.07) is 6.22. The number of anilines is 1. The molecule has 142 valence electrons. The van der Waals surface area contributed by atoms with Crippen LogP contribution in [0.5, 0.6) is 0 Å².